The number of rotatable bonds is 6. The van der Waals surface area contributed by atoms with Crippen LogP contribution in [0.2, 0.25) is 0 Å². The van der Waals surface area contributed by atoms with Crippen LogP contribution in [0.3, 0.4) is 0 Å². The fourth-order valence-corrected chi connectivity index (χ4v) is 3.26. The summed E-state index contributed by atoms with van der Waals surface area (Å²) in [4.78, 5) is 13.3. The first-order valence-corrected chi connectivity index (χ1v) is 8.50. The highest BCUT2D eigenvalue weighted by Gasteiger charge is 2.10. The van der Waals surface area contributed by atoms with Crippen LogP contribution in [-0.2, 0) is 24.8 Å². The van der Waals surface area contributed by atoms with Gasteiger partial charge in [-0.15, -0.1) is 11.3 Å². The Labute approximate surface area is 144 Å². The van der Waals surface area contributed by atoms with E-state index in [-0.39, 0.29) is 5.91 Å². The van der Waals surface area contributed by atoms with E-state index in [0.29, 0.717) is 13.0 Å². The lowest BCUT2D eigenvalue weighted by Crippen LogP contribution is -2.24. The van der Waals surface area contributed by atoms with Gasteiger partial charge in [0, 0.05) is 7.05 Å². The number of nitrogens with one attached hydrogen (secondary N) is 1. The summed E-state index contributed by atoms with van der Waals surface area (Å²) < 4.78 is 7.02. The molecule has 0 spiro atoms. The minimum atomic E-state index is -0.0356. The molecule has 124 valence electrons. The summed E-state index contributed by atoms with van der Waals surface area (Å²) in [6.45, 7) is 0.419. The van der Waals surface area contributed by atoms with E-state index in [1.807, 2.05) is 53.5 Å². The number of aromatic nitrogens is 2. The third kappa shape index (κ3) is 3.83. The van der Waals surface area contributed by atoms with Gasteiger partial charge in [-0.2, -0.15) is 5.10 Å². The number of benzene rings is 1. The molecule has 24 heavy (non-hydrogen) atoms. The number of carbonyl (C=O) groups excluding carboxylic acids is 1. The molecule has 0 atom stereocenters. The lowest BCUT2D eigenvalue weighted by atomic mass is 10.1. The molecule has 6 heteroatoms. The van der Waals surface area contributed by atoms with Crippen molar-refractivity contribution in [3.05, 3.63) is 59.1 Å². The summed E-state index contributed by atoms with van der Waals surface area (Å²) in [6.07, 6.45) is 0.321. The first-order valence-electron chi connectivity index (χ1n) is 7.62. The number of hydrogen-bond donors (Lipinski definition) is 1. The summed E-state index contributed by atoms with van der Waals surface area (Å²) in [5.74, 6) is 0.720. The molecule has 0 aliphatic rings. The molecule has 0 unspecified atom stereocenters. The van der Waals surface area contributed by atoms with Crippen molar-refractivity contribution in [2.75, 3.05) is 7.11 Å². The molecule has 1 N–H and O–H groups in total. The van der Waals surface area contributed by atoms with Crippen molar-refractivity contribution in [3.8, 4) is 16.3 Å². The van der Waals surface area contributed by atoms with Gasteiger partial charge in [-0.3, -0.25) is 9.48 Å². The van der Waals surface area contributed by atoms with E-state index in [0.717, 1.165) is 22.7 Å². The van der Waals surface area contributed by atoms with Crippen molar-refractivity contribution in [2.45, 2.75) is 13.0 Å². The monoisotopic (exact) mass is 341 g/mol. The number of ether oxygens (including phenoxy) is 1. The molecule has 2 heterocycles. The van der Waals surface area contributed by atoms with Crippen molar-refractivity contribution < 1.29 is 9.53 Å². The lowest BCUT2D eigenvalue weighted by molar-refractivity contribution is -0.120. The van der Waals surface area contributed by atoms with Crippen molar-refractivity contribution >= 4 is 17.2 Å². The molecule has 0 aliphatic heterocycles. The van der Waals surface area contributed by atoms with Crippen LogP contribution < -0.4 is 10.1 Å². The molecule has 0 saturated heterocycles. The number of aryl methyl sites for hydroxylation is 1. The number of carbonyl (C=O) groups is 1. The molecule has 0 saturated carbocycles. The molecule has 0 bridgehead atoms. The van der Waals surface area contributed by atoms with Crippen molar-refractivity contribution in [1.29, 1.82) is 0 Å². The van der Waals surface area contributed by atoms with Crippen molar-refractivity contribution in [3.63, 3.8) is 0 Å². The van der Waals surface area contributed by atoms with E-state index in [9.17, 15) is 4.79 Å². The first-order chi connectivity index (χ1) is 11.7. The van der Waals surface area contributed by atoms with Gasteiger partial charge < -0.3 is 10.1 Å². The third-order valence-electron chi connectivity index (χ3n) is 3.67. The Bertz CT molecular complexity index is 825. The lowest BCUT2D eigenvalue weighted by Gasteiger charge is -2.05. The van der Waals surface area contributed by atoms with E-state index in [1.54, 1.807) is 18.4 Å². The maximum atomic E-state index is 12.1. The van der Waals surface area contributed by atoms with Gasteiger partial charge in [-0.1, -0.05) is 18.2 Å². The highest BCUT2D eigenvalue weighted by atomic mass is 32.1. The topological polar surface area (TPSA) is 56.1 Å². The maximum Gasteiger partial charge on any atom is 0.224 e. The van der Waals surface area contributed by atoms with Crippen LogP contribution in [-0.4, -0.2) is 22.8 Å². The number of thiophene rings is 1. The van der Waals surface area contributed by atoms with E-state index < -0.39 is 0 Å². The van der Waals surface area contributed by atoms with Gasteiger partial charge in [0.2, 0.25) is 5.91 Å². The Morgan fingerprint density at radius 2 is 2.17 bits per heavy atom. The SMILES string of the molecule is COc1cccc(CC(=O)NCc2cc(-c3cccs3)n(C)n2)c1. The van der Waals surface area contributed by atoms with E-state index in [4.69, 9.17) is 4.74 Å². The smallest absolute Gasteiger partial charge is 0.224 e. The van der Waals surface area contributed by atoms with Crippen LogP contribution in [0.1, 0.15) is 11.3 Å². The largest absolute Gasteiger partial charge is 0.497 e. The average Bonchev–Trinajstić information content (AvgIpc) is 3.22. The molecule has 2 aromatic heterocycles. The molecular weight excluding hydrogens is 322 g/mol. The highest BCUT2D eigenvalue weighted by molar-refractivity contribution is 7.13. The fourth-order valence-electron chi connectivity index (χ4n) is 2.49. The zero-order valence-electron chi connectivity index (χ0n) is 13.7. The van der Waals surface area contributed by atoms with Crippen LogP contribution in [0.4, 0.5) is 0 Å². The standard InChI is InChI=1S/C18H19N3O2S/c1-21-16(17-7-4-8-24-17)11-14(20-21)12-19-18(22)10-13-5-3-6-15(9-13)23-2/h3-9,11H,10,12H2,1-2H3,(H,19,22). The molecule has 5 nitrogen and oxygen atoms in total. The Morgan fingerprint density at radius 1 is 1.29 bits per heavy atom. The molecule has 0 radical (unpaired) electrons. The second kappa shape index (κ2) is 7.31. The molecular formula is C18H19N3O2S. The van der Waals surface area contributed by atoms with E-state index >= 15 is 0 Å². The number of amides is 1. The predicted octanol–water partition coefficient (Wildman–Crippen LogP) is 3.02. The number of hydrogen-bond acceptors (Lipinski definition) is 4. The Hall–Kier alpha value is -2.60. The average molecular weight is 341 g/mol. The molecule has 3 rings (SSSR count). The minimum Gasteiger partial charge on any atom is -0.497 e. The Balaban J connectivity index is 1.59. The number of nitrogens with zero attached hydrogens (tertiary/aromatic N) is 2. The van der Waals surface area contributed by atoms with Gasteiger partial charge >= 0.3 is 0 Å². The van der Waals surface area contributed by atoms with Gasteiger partial charge in [0.1, 0.15) is 5.75 Å². The normalized spacial score (nSPS) is 10.6. The molecule has 0 aliphatic carbocycles. The van der Waals surface area contributed by atoms with Gasteiger partial charge in [0.05, 0.1) is 36.3 Å². The van der Waals surface area contributed by atoms with Crippen molar-refractivity contribution in [2.24, 2.45) is 7.05 Å². The van der Waals surface area contributed by atoms with Crippen molar-refractivity contribution in [1.82, 2.24) is 15.1 Å². The predicted molar refractivity (Wildman–Crippen MR) is 95.1 cm³/mol. The second-order valence-corrected chi connectivity index (χ2v) is 6.37. The second-order valence-electron chi connectivity index (χ2n) is 5.43. The zero-order valence-corrected chi connectivity index (χ0v) is 14.5. The van der Waals surface area contributed by atoms with Gasteiger partial charge in [-0.05, 0) is 35.2 Å². The van der Waals surface area contributed by atoms with Crippen LogP contribution in [0.15, 0.2) is 47.8 Å². The Kier molecular flexibility index (Phi) is 4.96. The van der Waals surface area contributed by atoms with Gasteiger partial charge in [0.25, 0.3) is 0 Å². The van der Waals surface area contributed by atoms with E-state index in [1.165, 1.54) is 4.88 Å². The zero-order chi connectivity index (χ0) is 16.9. The molecule has 1 aromatic carbocycles. The molecule has 1 amide bonds. The Morgan fingerprint density at radius 3 is 2.92 bits per heavy atom. The summed E-state index contributed by atoms with van der Waals surface area (Å²) in [7, 11) is 3.53. The minimum absolute atomic E-state index is 0.0356. The van der Waals surface area contributed by atoms with Crippen LogP contribution in [0.25, 0.3) is 10.6 Å². The molecule has 0 fully saturated rings. The summed E-state index contributed by atoms with van der Waals surface area (Å²) in [5.41, 5.74) is 2.83. The van der Waals surface area contributed by atoms with Gasteiger partial charge in [0.15, 0.2) is 0 Å². The maximum absolute atomic E-state index is 12.1. The summed E-state index contributed by atoms with van der Waals surface area (Å²) in [6, 6.07) is 13.6. The number of methoxy groups -OCH3 is 1. The highest BCUT2D eigenvalue weighted by Crippen LogP contribution is 2.24. The quantitative estimate of drug-likeness (QED) is 0.750. The van der Waals surface area contributed by atoms with Gasteiger partial charge in [-0.25, -0.2) is 0 Å². The first kappa shape index (κ1) is 16.3. The summed E-state index contributed by atoms with van der Waals surface area (Å²) in [5, 5.41) is 9.42. The van der Waals surface area contributed by atoms with Crippen LogP contribution in [0.5, 0.6) is 5.75 Å². The fraction of sp³-hybridized carbons (Fsp3) is 0.222. The summed E-state index contributed by atoms with van der Waals surface area (Å²) >= 11 is 1.67. The van der Waals surface area contributed by atoms with Crippen LogP contribution in [0, 0.1) is 0 Å². The third-order valence-corrected chi connectivity index (χ3v) is 4.56. The van der Waals surface area contributed by atoms with E-state index in [2.05, 4.69) is 16.5 Å². The molecule has 3 aromatic rings. The van der Waals surface area contributed by atoms with Crippen LogP contribution >= 0.6 is 11.3 Å².